The summed E-state index contributed by atoms with van der Waals surface area (Å²) >= 11 is 1.54. The number of nitriles is 1. The Balaban J connectivity index is 2.92. The van der Waals surface area contributed by atoms with Crippen LogP contribution in [-0.4, -0.2) is 0 Å². The maximum atomic E-state index is 8.69. The average molecular weight is 158 g/mol. The van der Waals surface area contributed by atoms with Crippen LogP contribution in [0.4, 0.5) is 0 Å². The molecular weight excluding hydrogens is 154 g/mol. The summed E-state index contributed by atoms with van der Waals surface area (Å²) in [5.74, 6) is 0. The molecule has 0 spiro atoms. The van der Waals surface area contributed by atoms with Gasteiger partial charge in [0.05, 0.1) is 11.6 Å². The first kappa shape index (κ1) is 6.38. The van der Waals surface area contributed by atoms with Gasteiger partial charge in [-0.1, -0.05) is 6.07 Å². The van der Waals surface area contributed by atoms with Crippen LogP contribution in [0.2, 0.25) is 0 Å². The van der Waals surface area contributed by atoms with Gasteiger partial charge in [-0.05, 0) is 18.2 Å². The van der Waals surface area contributed by atoms with Crippen molar-refractivity contribution in [2.45, 2.75) is 0 Å². The maximum Gasteiger partial charge on any atom is 0.0998 e. The van der Waals surface area contributed by atoms with Crippen molar-refractivity contribution in [2.75, 3.05) is 0 Å². The van der Waals surface area contributed by atoms with E-state index in [4.69, 9.17) is 5.26 Å². The molecule has 0 unspecified atom stereocenters. The van der Waals surface area contributed by atoms with Crippen molar-refractivity contribution in [3.05, 3.63) is 35.2 Å². The molecule has 0 atom stereocenters. The third-order valence-corrected chi connectivity index (χ3v) is 2.37. The number of nitrogens with zero attached hydrogens (tertiary/aromatic N) is 1. The first-order valence-electron chi connectivity index (χ1n) is 3.20. The summed E-state index contributed by atoms with van der Waals surface area (Å²) in [6.07, 6.45) is 0. The first-order chi connectivity index (χ1) is 5.42. The lowest BCUT2D eigenvalue weighted by Gasteiger charge is -1.89. The van der Waals surface area contributed by atoms with E-state index in [1.54, 1.807) is 11.3 Å². The van der Waals surface area contributed by atoms with Crippen LogP contribution in [0, 0.1) is 16.7 Å². The minimum absolute atomic E-state index is 0.736. The van der Waals surface area contributed by atoms with Crippen molar-refractivity contribution in [2.24, 2.45) is 0 Å². The highest BCUT2D eigenvalue weighted by atomic mass is 32.1. The van der Waals surface area contributed by atoms with E-state index in [0.717, 1.165) is 15.6 Å². The highest BCUT2D eigenvalue weighted by Crippen LogP contribution is 2.22. The van der Waals surface area contributed by atoms with E-state index in [9.17, 15) is 0 Å². The molecule has 1 radical (unpaired) electrons. The van der Waals surface area contributed by atoms with Gasteiger partial charge in [-0.2, -0.15) is 5.26 Å². The smallest absolute Gasteiger partial charge is 0.0998 e. The van der Waals surface area contributed by atoms with Gasteiger partial charge < -0.3 is 0 Å². The van der Waals surface area contributed by atoms with Gasteiger partial charge in [0, 0.05) is 15.5 Å². The van der Waals surface area contributed by atoms with E-state index in [1.165, 1.54) is 0 Å². The van der Waals surface area contributed by atoms with E-state index in [0.29, 0.717) is 0 Å². The van der Waals surface area contributed by atoms with E-state index in [2.05, 4.69) is 11.4 Å². The van der Waals surface area contributed by atoms with Gasteiger partial charge in [0.15, 0.2) is 0 Å². The summed E-state index contributed by atoms with van der Waals surface area (Å²) in [5, 5.41) is 12.7. The number of rotatable bonds is 0. The number of hydrogen-bond acceptors (Lipinski definition) is 2. The van der Waals surface area contributed by atoms with Crippen LogP contribution in [0.15, 0.2) is 24.3 Å². The summed E-state index contributed by atoms with van der Waals surface area (Å²) in [6, 6.07) is 9.72. The molecule has 1 nitrogen and oxygen atoms in total. The fraction of sp³-hybridized carbons (Fsp3) is 0. The third-order valence-electron chi connectivity index (χ3n) is 1.56. The Bertz CT molecular complexity index is 422. The Morgan fingerprint density at radius 3 is 3.18 bits per heavy atom. The lowest BCUT2D eigenvalue weighted by molar-refractivity contribution is 1.51. The minimum Gasteiger partial charge on any atom is -0.192 e. The number of hydrogen-bond donors (Lipinski definition) is 0. The van der Waals surface area contributed by atoms with E-state index >= 15 is 0 Å². The van der Waals surface area contributed by atoms with Crippen LogP contribution < -0.4 is 0 Å². The van der Waals surface area contributed by atoms with Crippen molar-refractivity contribution >= 4 is 21.4 Å². The molecule has 1 aromatic heterocycles. The molecule has 0 aliphatic heterocycles. The largest absolute Gasteiger partial charge is 0.192 e. The highest BCUT2D eigenvalue weighted by molar-refractivity contribution is 7.16. The van der Waals surface area contributed by atoms with Crippen LogP contribution in [0.1, 0.15) is 5.56 Å². The molecule has 0 fully saturated rings. The van der Waals surface area contributed by atoms with Crippen molar-refractivity contribution in [1.82, 2.24) is 0 Å². The molecule has 0 bridgehead atoms. The van der Waals surface area contributed by atoms with Crippen molar-refractivity contribution in [1.29, 1.82) is 5.26 Å². The second-order valence-corrected chi connectivity index (χ2v) is 3.07. The number of fused-ring (bicyclic) bond motifs is 1. The normalized spacial score (nSPS) is 9.73. The van der Waals surface area contributed by atoms with Gasteiger partial charge in [-0.15, -0.1) is 11.3 Å². The molecule has 2 aromatic rings. The van der Waals surface area contributed by atoms with Gasteiger partial charge in [0.1, 0.15) is 0 Å². The standard InChI is InChI=1S/C9H4NS/c10-6-7-2-1-3-9-8(7)4-5-11-9/h1-4H. The molecule has 0 saturated heterocycles. The first-order valence-corrected chi connectivity index (χ1v) is 4.02. The Morgan fingerprint density at radius 2 is 2.36 bits per heavy atom. The molecule has 51 valence electrons. The summed E-state index contributed by atoms with van der Waals surface area (Å²) in [6.45, 7) is 0. The second-order valence-electron chi connectivity index (χ2n) is 2.19. The molecule has 0 aliphatic rings. The fourth-order valence-corrected chi connectivity index (χ4v) is 1.76. The molecule has 1 heterocycles. The zero-order valence-electron chi connectivity index (χ0n) is 5.66. The number of thiophene rings is 1. The molecule has 2 rings (SSSR count). The van der Waals surface area contributed by atoms with Crippen molar-refractivity contribution in [3.8, 4) is 6.07 Å². The van der Waals surface area contributed by atoms with E-state index in [-0.39, 0.29) is 0 Å². The van der Waals surface area contributed by atoms with Gasteiger partial charge in [-0.3, -0.25) is 0 Å². The topological polar surface area (TPSA) is 23.8 Å². The van der Waals surface area contributed by atoms with Crippen LogP contribution >= 0.6 is 11.3 Å². The van der Waals surface area contributed by atoms with Crippen molar-refractivity contribution in [3.63, 3.8) is 0 Å². The zero-order chi connectivity index (χ0) is 7.68. The van der Waals surface area contributed by atoms with Gasteiger partial charge in [0.2, 0.25) is 0 Å². The quantitative estimate of drug-likeness (QED) is 0.578. The highest BCUT2D eigenvalue weighted by Gasteiger charge is 1.98. The summed E-state index contributed by atoms with van der Waals surface area (Å²) in [4.78, 5) is 0. The fourth-order valence-electron chi connectivity index (χ4n) is 1.03. The lowest BCUT2D eigenvalue weighted by atomic mass is 10.1. The Hall–Kier alpha value is -1.33. The molecule has 1 aromatic carbocycles. The Kier molecular flexibility index (Phi) is 1.38. The molecule has 0 saturated carbocycles. The maximum absolute atomic E-state index is 8.69. The predicted molar refractivity (Wildman–Crippen MR) is 45.4 cm³/mol. The summed E-state index contributed by atoms with van der Waals surface area (Å²) < 4.78 is 1.13. The monoisotopic (exact) mass is 158 g/mol. The average Bonchev–Trinajstić information content (AvgIpc) is 2.50. The van der Waals surface area contributed by atoms with Gasteiger partial charge in [-0.25, -0.2) is 0 Å². The van der Waals surface area contributed by atoms with Crippen molar-refractivity contribution < 1.29 is 0 Å². The summed E-state index contributed by atoms with van der Waals surface area (Å²) in [7, 11) is 0. The third kappa shape index (κ3) is 0.903. The van der Waals surface area contributed by atoms with E-state index < -0.39 is 0 Å². The van der Waals surface area contributed by atoms with Gasteiger partial charge in [0.25, 0.3) is 0 Å². The molecule has 0 N–H and O–H groups in total. The molecule has 0 amide bonds. The Morgan fingerprint density at radius 1 is 1.45 bits per heavy atom. The molecule has 0 aliphatic carbocycles. The second kappa shape index (κ2) is 2.37. The van der Waals surface area contributed by atoms with Crippen LogP contribution in [0.3, 0.4) is 0 Å². The molecular formula is C9H4NS. The van der Waals surface area contributed by atoms with Crippen LogP contribution in [0.5, 0.6) is 0 Å². The summed E-state index contributed by atoms with van der Waals surface area (Å²) in [5.41, 5.74) is 0.736. The van der Waals surface area contributed by atoms with E-state index in [1.807, 2.05) is 24.3 Å². The van der Waals surface area contributed by atoms with Crippen LogP contribution in [-0.2, 0) is 0 Å². The molecule has 11 heavy (non-hydrogen) atoms. The SMILES string of the molecule is N#Cc1cccc2s[c]cc12. The molecule has 2 heteroatoms. The lowest BCUT2D eigenvalue weighted by Crippen LogP contribution is -1.71. The predicted octanol–water partition coefficient (Wildman–Crippen LogP) is 2.57. The number of benzene rings is 1. The van der Waals surface area contributed by atoms with Crippen LogP contribution in [0.25, 0.3) is 10.1 Å². The Labute approximate surface area is 68.5 Å². The van der Waals surface area contributed by atoms with Gasteiger partial charge >= 0.3 is 0 Å². The zero-order valence-corrected chi connectivity index (χ0v) is 6.48. The minimum atomic E-state index is 0.736.